The second-order valence-corrected chi connectivity index (χ2v) is 5.50. The molecule has 3 nitrogen and oxygen atoms in total. The lowest BCUT2D eigenvalue weighted by atomic mass is 9.92. The molecule has 0 amide bonds. The number of fused-ring (bicyclic) bond motifs is 1. The highest BCUT2D eigenvalue weighted by molar-refractivity contribution is 5.88. The molecule has 0 unspecified atom stereocenters. The first kappa shape index (κ1) is 14.6. The smallest absolute Gasteiger partial charge is 0.121 e. The quantitative estimate of drug-likeness (QED) is 0.692. The maximum Gasteiger partial charge on any atom is 0.121 e. The Hall–Kier alpha value is -2.36. The van der Waals surface area contributed by atoms with Crippen LogP contribution in [0, 0.1) is 0 Å². The Bertz CT molecular complexity index is 771. The van der Waals surface area contributed by atoms with Gasteiger partial charge in [0.05, 0.1) is 12.1 Å². The summed E-state index contributed by atoms with van der Waals surface area (Å²) in [7, 11) is 0. The van der Waals surface area contributed by atoms with Gasteiger partial charge in [-0.2, -0.15) is 0 Å². The first-order valence-electron chi connectivity index (χ1n) is 7.35. The van der Waals surface area contributed by atoms with Gasteiger partial charge in [0.1, 0.15) is 5.75 Å². The molecule has 2 atom stereocenters. The zero-order chi connectivity index (χ0) is 15.5. The summed E-state index contributed by atoms with van der Waals surface area (Å²) < 4.78 is 0. The van der Waals surface area contributed by atoms with E-state index in [2.05, 4.69) is 0 Å². The van der Waals surface area contributed by atoms with Gasteiger partial charge in [0, 0.05) is 12.0 Å². The summed E-state index contributed by atoms with van der Waals surface area (Å²) in [5.74, 6) is 0.123. The molecule has 3 aromatic rings. The average molecular weight is 293 g/mol. The van der Waals surface area contributed by atoms with Crippen molar-refractivity contribution in [1.29, 1.82) is 0 Å². The van der Waals surface area contributed by atoms with Gasteiger partial charge < -0.3 is 15.9 Å². The van der Waals surface area contributed by atoms with Gasteiger partial charge in [-0.25, -0.2) is 0 Å². The van der Waals surface area contributed by atoms with Crippen LogP contribution < -0.4 is 5.73 Å². The van der Waals surface area contributed by atoms with E-state index < -0.39 is 12.1 Å². The molecule has 22 heavy (non-hydrogen) atoms. The standard InChI is InChI=1S/C19H19NO2/c20-19(17(22)12-13-6-2-1-3-7-13)18-15-9-5-4-8-14(15)10-11-16(18)21/h1-11,17,19,21-22H,12,20H2/t17-,19-/m0/s1. The molecule has 0 spiro atoms. The molecule has 0 aromatic heterocycles. The predicted molar refractivity (Wildman–Crippen MR) is 88.7 cm³/mol. The third-order valence-corrected chi connectivity index (χ3v) is 3.98. The third kappa shape index (κ3) is 2.82. The van der Waals surface area contributed by atoms with Gasteiger partial charge in [0.25, 0.3) is 0 Å². The zero-order valence-corrected chi connectivity index (χ0v) is 12.2. The lowest BCUT2D eigenvalue weighted by molar-refractivity contribution is 0.144. The number of aliphatic hydroxyl groups is 1. The van der Waals surface area contributed by atoms with Gasteiger partial charge in [0.2, 0.25) is 0 Å². The summed E-state index contributed by atoms with van der Waals surface area (Å²) >= 11 is 0. The lowest BCUT2D eigenvalue weighted by Gasteiger charge is -2.22. The molecule has 0 aliphatic carbocycles. The van der Waals surface area contributed by atoms with Crippen LogP contribution in [0.4, 0.5) is 0 Å². The fraction of sp³-hybridized carbons (Fsp3) is 0.158. The second-order valence-electron chi connectivity index (χ2n) is 5.50. The number of aromatic hydroxyl groups is 1. The second kappa shape index (κ2) is 6.18. The minimum Gasteiger partial charge on any atom is -0.508 e. The summed E-state index contributed by atoms with van der Waals surface area (Å²) in [5.41, 5.74) is 7.86. The van der Waals surface area contributed by atoms with E-state index in [9.17, 15) is 10.2 Å². The molecule has 0 saturated heterocycles. The lowest BCUT2D eigenvalue weighted by Crippen LogP contribution is -2.28. The van der Waals surface area contributed by atoms with Crippen LogP contribution in [0.25, 0.3) is 10.8 Å². The highest BCUT2D eigenvalue weighted by atomic mass is 16.3. The molecule has 0 aliphatic heterocycles. The van der Waals surface area contributed by atoms with Crippen LogP contribution in [0.3, 0.4) is 0 Å². The maximum absolute atomic E-state index is 10.5. The van der Waals surface area contributed by atoms with E-state index in [0.717, 1.165) is 16.3 Å². The molecule has 3 heteroatoms. The molecule has 0 saturated carbocycles. The largest absolute Gasteiger partial charge is 0.508 e. The minimum absolute atomic E-state index is 0.123. The first-order valence-corrected chi connectivity index (χ1v) is 7.35. The van der Waals surface area contributed by atoms with E-state index >= 15 is 0 Å². The normalized spacial score (nSPS) is 13.9. The number of phenols is 1. The summed E-state index contributed by atoms with van der Waals surface area (Å²) in [4.78, 5) is 0. The highest BCUT2D eigenvalue weighted by Crippen LogP contribution is 2.33. The maximum atomic E-state index is 10.5. The van der Waals surface area contributed by atoms with Gasteiger partial charge in [-0.1, -0.05) is 60.7 Å². The summed E-state index contributed by atoms with van der Waals surface area (Å²) in [5, 5.41) is 22.5. The number of rotatable bonds is 4. The topological polar surface area (TPSA) is 66.5 Å². The van der Waals surface area contributed by atoms with Crippen molar-refractivity contribution >= 4 is 10.8 Å². The molecule has 0 bridgehead atoms. The van der Waals surface area contributed by atoms with Gasteiger partial charge in [0.15, 0.2) is 0 Å². The van der Waals surface area contributed by atoms with Crippen molar-refractivity contribution < 1.29 is 10.2 Å². The number of nitrogens with two attached hydrogens (primary N) is 1. The van der Waals surface area contributed by atoms with Crippen molar-refractivity contribution in [1.82, 2.24) is 0 Å². The number of hydrogen-bond acceptors (Lipinski definition) is 3. The average Bonchev–Trinajstić information content (AvgIpc) is 2.55. The zero-order valence-electron chi connectivity index (χ0n) is 12.2. The van der Waals surface area contributed by atoms with Crippen molar-refractivity contribution in [3.05, 3.63) is 77.9 Å². The van der Waals surface area contributed by atoms with Crippen LogP contribution in [0.5, 0.6) is 5.75 Å². The third-order valence-electron chi connectivity index (χ3n) is 3.98. The number of hydrogen-bond donors (Lipinski definition) is 3. The van der Waals surface area contributed by atoms with E-state index in [4.69, 9.17) is 5.73 Å². The minimum atomic E-state index is -0.765. The summed E-state index contributed by atoms with van der Waals surface area (Å²) in [6.07, 6.45) is -0.316. The fourth-order valence-corrected chi connectivity index (χ4v) is 2.81. The van der Waals surface area contributed by atoms with E-state index in [1.54, 1.807) is 6.07 Å². The van der Waals surface area contributed by atoms with Crippen LogP contribution in [-0.2, 0) is 6.42 Å². The van der Waals surface area contributed by atoms with Crippen LogP contribution in [0.2, 0.25) is 0 Å². The molecule has 0 heterocycles. The van der Waals surface area contributed by atoms with E-state index in [-0.39, 0.29) is 5.75 Å². The molecule has 0 radical (unpaired) electrons. The molecule has 3 aromatic carbocycles. The SMILES string of the molecule is N[C@H](c1c(O)ccc2ccccc12)[C@@H](O)Cc1ccccc1. The number of benzene rings is 3. The highest BCUT2D eigenvalue weighted by Gasteiger charge is 2.22. The van der Waals surface area contributed by atoms with Crippen molar-refractivity contribution in [3.8, 4) is 5.75 Å². The van der Waals surface area contributed by atoms with Gasteiger partial charge in [-0.3, -0.25) is 0 Å². The Morgan fingerprint density at radius 3 is 2.32 bits per heavy atom. The summed E-state index contributed by atoms with van der Waals surface area (Å²) in [6, 6.07) is 20.3. The van der Waals surface area contributed by atoms with Gasteiger partial charge >= 0.3 is 0 Å². The number of aliphatic hydroxyl groups excluding tert-OH is 1. The first-order chi connectivity index (χ1) is 10.7. The predicted octanol–water partition coefficient (Wildman–Crippen LogP) is 3.15. The summed E-state index contributed by atoms with van der Waals surface area (Å²) in [6.45, 7) is 0. The van der Waals surface area contributed by atoms with E-state index in [0.29, 0.717) is 12.0 Å². The molecule has 0 fully saturated rings. The van der Waals surface area contributed by atoms with E-state index in [1.807, 2.05) is 60.7 Å². The molecular formula is C19H19NO2. The van der Waals surface area contributed by atoms with Crippen LogP contribution >= 0.6 is 0 Å². The van der Waals surface area contributed by atoms with E-state index in [1.165, 1.54) is 0 Å². The molecule has 4 N–H and O–H groups in total. The van der Waals surface area contributed by atoms with Crippen molar-refractivity contribution in [2.45, 2.75) is 18.6 Å². The Kier molecular flexibility index (Phi) is 4.09. The monoisotopic (exact) mass is 293 g/mol. The Morgan fingerprint density at radius 1 is 0.864 bits per heavy atom. The van der Waals surface area contributed by atoms with Crippen LogP contribution in [0.15, 0.2) is 66.7 Å². The van der Waals surface area contributed by atoms with Crippen LogP contribution in [-0.4, -0.2) is 16.3 Å². The Balaban J connectivity index is 1.94. The van der Waals surface area contributed by atoms with Crippen molar-refractivity contribution in [3.63, 3.8) is 0 Å². The molecule has 0 aliphatic rings. The fourth-order valence-electron chi connectivity index (χ4n) is 2.81. The van der Waals surface area contributed by atoms with Crippen LogP contribution in [0.1, 0.15) is 17.2 Å². The van der Waals surface area contributed by atoms with Gasteiger partial charge in [-0.15, -0.1) is 0 Å². The van der Waals surface area contributed by atoms with Gasteiger partial charge in [-0.05, 0) is 22.4 Å². The Labute approximate surface area is 129 Å². The van der Waals surface area contributed by atoms with Crippen molar-refractivity contribution in [2.75, 3.05) is 0 Å². The van der Waals surface area contributed by atoms with Crippen molar-refractivity contribution in [2.24, 2.45) is 5.73 Å². The Morgan fingerprint density at radius 2 is 1.55 bits per heavy atom. The molecular weight excluding hydrogens is 274 g/mol. The molecule has 3 rings (SSSR count). The number of phenolic OH excluding ortho intramolecular Hbond substituents is 1. The molecule has 112 valence electrons.